The van der Waals surface area contributed by atoms with Gasteiger partial charge in [0.15, 0.2) is 6.61 Å². The van der Waals surface area contributed by atoms with Crippen molar-refractivity contribution in [2.75, 3.05) is 5.75 Å². The van der Waals surface area contributed by atoms with E-state index in [1.807, 2.05) is 56.3 Å². The normalized spacial score (nSPS) is 10.6. The fourth-order valence-corrected chi connectivity index (χ4v) is 3.10. The molecule has 0 saturated carbocycles. The molecule has 0 fully saturated rings. The Hall–Kier alpha value is -2.80. The average Bonchev–Trinajstić information content (AvgIpc) is 3.11. The Morgan fingerprint density at radius 3 is 2.59 bits per heavy atom. The lowest BCUT2D eigenvalue weighted by molar-refractivity contribution is -0.118. The monoisotopic (exact) mass is 383 g/mol. The van der Waals surface area contributed by atoms with Crippen molar-refractivity contribution in [3.05, 3.63) is 71.1 Å². The summed E-state index contributed by atoms with van der Waals surface area (Å²) in [6.45, 7) is 4.73. The largest absolute Gasteiger partial charge is 0.484 e. The van der Waals surface area contributed by atoms with Gasteiger partial charge in [-0.2, -0.15) is 0 Å². The third-order valence-corrected chi connectivity index (χ3v) is 4.48. The van der Waals surface area contributed by atoms with Crippen LogP contribution in [-0.2, 0) is 17.9 Å². The second-order valence-corrected chi connectivity index (χ2v) is 7.05. The van der Waals surface area contributed by atoms with Crippen molar-refractivity contribution >= 4 is 17.7 Å². The molecule has 0 radical (unpaired) electrons. The first kappa shape index (κ1) is 19.0. The predicted octanol–water partition coefficient (Wildman–Crippen LogP) is 3.67. The number of thioether (sulfide) groups is 1. The average molecular weight is 383 g/mol. The van der Waals surface area contributed by atoms with Crippen LogP contribution in [0, 0.1) is 13.8 Å². The number of aryl methyl sites for hydroxylation is 2. The number of aromatic nitrogens is 2. The molecule has 1 amide bonds. The number of carbonyl (C=O) groups is 1. The van der Waals surface area contributed by atoms with E-state index in [2.05, 4.69) is 21.6 Å². The summed E-state index contributed by atoms with van der Waals surface area (Å²) in [5.74, 6) is 1.27. The molecule has 6 nitrogen and oxygen atoms in total. The maximum absolute atomic E-state index is 11.9. The molecule has 27 heavy (non-hydrogen) atoms. The molecule has 3 aromatic rings. The molecule has 3 rings (SSSR count). The van der Waals surface area contributed by atoms with Crippen LogP contribution in [-0.4, -0.2) is 21.9 Å². The number of ether oxygens (including phenoxy) is 1. The van der Waals surface area contributed by atoms with Crippen molar-refractivity contribution in [2.24, 2.45) is 0 Å². The molecule has 140 valence electrons. The van der Waals surface area contributed by atoms with Crippen molar-refractivity contribution in [3.63, 3.8) is 0 Å². The molecule has 1 N–H and O–H groups in total. The summed E-state index contributed by atoms with van der Waals surface area (Å²) in [7, 11) is 0. The SMILES string of the molecule is Cc1cc(C)cc(OCc2nnc(SCC(=O)NCc3ccccc3)o2)c1. The number of benzene rings is 2. The molecular formula is C20H21N3O3S. The van der Waals surface area contributed by atoms with Crippen LogP contribution in [0.15, 0.2) is 58.2 Å². The topological polar surface area (TPSA) is 77.2 Å². The minimum atomic E-state index is -0.0879. The molecule has 0 aliphatic carbocycles. The lowest BCUT2D eigenvalue weighted by Gasteiger charge is -2.05. The molecule has 0 saturated heterocycles. The highest BCUT2D eigenvalue weighted by Crippen LogP contribution is 2.19. The Bertz CT molecular complexity index is 876. The number of nitrogens with zero attached hydrogens (tertiary/aromatic N) is 2. The maximum atomic E-state index is 11.9. The van der Waals surface area contributed by atoms with E-state index in [9.17, 15) is 4.79 Å². The minimum Gasteiger partial charge on any atom is -0.484 e. The van der Waals surface area contributed by atoms with Gasteiger partial charge in [0.25, 0.3) is 11.1 Å². The first-order chi connectivity index (χ1) is 13.1. The summed E-state index contributed by atoms with van der Waals surface area (Å²) in [6, 6.07) is 15.7. The molecule has 1 aromatic heterocycles. The van der Waals surface area contributed by atoms with E-state index >= 15 is 0 Å². The molecule has 1 heterocycles. The van der Waals surface area contributed by atoms with Gasteiger partial charge in [0.2, 0.25) is 5.91 Å². The van der Waals surface area contributed by atoms with Crippen LogP contribution in [0.2, 0.25) is 0 Å². The van der Waals surface area contributed by atoms with Gasteiger partial charge in [-0.3, -0.25) is 4.79 Å². The van der Waals surface area contributed by atoms with Gasteiger partial charge in [-0.15, -0.1) is 10.2 Å². The van der Waals surface area contributed by atoms with E-state index < -0.39 is 0 Å². The van der Waals surface area contributed by atoms with Gasteiger partial charge in [0.05, 0.1) is 5.75 Å². The highest BCUT2D eigenvalue weighted by atomic mass is 32.2. The van der Waals surface area contributed by atoms with E-state index in [-0.39, 0.29) is 18.3 Å². The van der Waals surface area contributed by atoms with Crippen molar-refractivity contribution in [1.82, 2.24) is 15.5 Å². The highest BCUT2D eigenvalue weighted by Gasteiger charge is 2.10. The number of nitrogens with one attached hydrogen (secondary N) is 1. The van der Waals surface area contributed by atoms with Crippen LogP contribution in [0.25, 0.3) is 0 Å². The van der Waals surface area contributed by atoms with Crippen LogP contribution in [0.5, 0.6) is 5.75 Å². The number of carbonyl (C=O) groups excluding carboxylic acids is 1. The van der Waals surface area contributed by atoms with Crippen molar-refractivity contribution in [1.29, 1.82) is 0 Å². The van der Waals surface area contributed by atoms with Crippen LogP contribution in [0.3, 0.4) is 0 Å². The lowest BCUT2D eigenvalue weighted by atomic mass is 10.1. The van der Waals surface area contributed by atoms with Gasteiger partial charge < -0.3 is 14.5 Å². The number of hydrogen-bond acceptors (Lipinski definition) is 6. The first-order valence-corrected chi connectivity index (χ1v) is 9.54. The molecular weight excluding hydrogens is 362 g/mol. The zero-order valence-corrected chi connectivity index (χ0v) is 16.1. The van der Waals surface area contributed by atoms with E-state index in [0.717, 1.165) is 22.4 Å². The van der Waals surface area contributed by atoms with Crippen molar-refractivity contribution in [2.45, 2.75) is 32.2 Å². The number of rotatable bonds is 8. The van der Waals surface area contributed by atoms with Gasteiger partial charge in [0, 0.05) is 6.54 Å². The summed E-state index contributed by atoms with van der Waals surface area (Å²) in [5.41, 5.74) is 3.32. The smallest absolute Gasteiger partial charge is 0.277 e. The Morgan fingerprint density at radius 1 is 1.11 bits per heavy atom. The molecule has 0 aliphatic rings. The first-order valence-electron chi connectivity index (χ1n) is 8.55. The standard InChI is InChI=1S/C20H21N3O3S/c1-14-8-15(2)10-17(9-14)25-12-19-22-23-20(26-19)27-13-18(24)21-11-16-6-4-3-5-7-16/h3-10H,11-13H2,1-2H3,(H,21,24). The Kier molecular flexibility index (Phi) is 6.49. The van der Waals surface area contributed by atoms with Crippen LogP contribution >= 0.6 is 11.8 Å². The quantitative estimate of drug-likeness (QED) is 0.598. The van der Waals surface area contributed by atoms with Crippen molar-refractivity contribution < 1.29 is 13.9 Å². The minimum absolute atomic E-state index is 0.0879. The summed E-state index contributed by atoms with van der Waals surface area (Å²) in [6.07, 6.45) is 0. The molecule has 0 aliphatic heterocycles. The fraction of sp³-hybridized carbons (Fsp3) is 0.250. The van der Waals surface area contributed by atoms with Gasteiger partial charge in [0.1, 0.15) is 5.75 Å². The summed E-state index contributed by atoms with van der Waals surface area (Å²) in [4.78, 5) is 11.9. The molecule has 2 aromatic carbocycles. The molecule has 7 heteroatoms. The summed E-state index contributed by atoms with van der Waals surface area (Å²) < 4.78 is 11.2. The molecule has 0 spiro atoms. The van der Waals surface area contributed by atoms with Crippen LogP contribution in [0.4, 0.5) is 0 Å². The molecule has 0 unspecified atom stereocenters. The van der Waals surface area contributed by atoms with Gasteiger partial charge in [-0.25, -0.2) is 0 Å². The van der Waals surface area contributed by atoms with E-state index in [1.165, 1.54) is 11.8 Å². The molecule has 0 bridgehead atoms. The van der Waals surface area contributed by atoms with Gasteiger partial charge in [-0.1, -0.05) is 48.2 Å². The second kappa shape index (κ2) is 9.23. The van der Waals surface area contributed by atoms with E-state index in [0.29, 0.717) is 17.7 Å². The Morgan fingerprint density at radius 2 is 1.85 bits per heavy atom. The summed E-state index contributed by atoms with van der Waals surface area (Å²) in [5, 5.41) is 11.1. The van der Waals surface area contributed by atoms with E-state index in [1.54, 1.807) is 0 Å². The maximum Gasteiger partial charge on any atom is 0.277 e. The van der Waals surface area contributed by atoms with Crippen LogP contribution < -0.4 is 10.1 Å². The third-order valence-electron chi connectivity index (χ3n) is 3.67. The Balaban J connectivity index is 1.43. The zero-order chi connectivity index (χ0) is 19.1. The second-order valence-electron chi connectivity index (χ2n) is 6.12. The van der Waals surface area contributed by atoms with Crippen LogP contribution in [0.1, 0.15) is 22.6 Å². The Labute approximate surface area is 162 Å². The van der Waals surface area contributed by atoms with E-state index in [4.69, 9.17) is 9.15 Å². The lowest BCUT2D eigenvalue weighted by Crippen LogP contribution is -2.24. The number of amides is 1. The number of hydrogen-bond donors (Lipinski definition) is 1. The summed E-state index contributed by atoms with van der Waals surface area (Å²) >= 11 is 1.20. The zero-order valence-electron chi connectivity index (χ0n) is 15.3. The highest BCUT2D eigenvalue weighted by molar-refractivity contribution is 7.99. The fourth-order valence-electron chi connectivity index (χ4n) is 2.49. The predicted molar refractivity (Wildman–Crippen MR) is 104 cm³/mol. The van der Waals surface area contributed by atoms with Crippen molar-refractivity contribution in [3.8, 4) is 5.75 Å². The van der Waals surface area contributed by atoms with Gasteiger partial charge in [-0.05, 0) is 42.7 Å². The molecule has 0 atom stereocenters. The third kappa shape index (κ3) is 6.14. The van der Waals surface area contributed by atoms with Gasteiger partial charge >= 0.3 is 0 Å².